The molecule has 2 fully saturated rings. The zero-order chi connectivity index (χ0) is 18.0. The van der Waals surface area contributed by atoms with E-state index < -0.39 is 5.60 Å². The number of aromatic nitrogens is 1. The molecule has 1 aromatic heterocycles. The summed E-state index contributed by atoms with van der Waals surface area (Å²) in [7, 11) is 2.16. The zero-order valence-electron chi connectivity index (χ0n) is 15.6. The van der Waals surface area contributed by atoms with Crippen molar-refractivity contribution in [2.75, 3.05) is 46.3 Å². The number of aliphatic hydroxyl groups is 1. The number of carbonyl (C=O) groups excluding carboxylic acids is 1. The number of piperazine rings is 1. The van der Waals surface area contributed by atoms with Crippen molar-refractivity contribution in [1.29, 1.82) is 0 Å². The van der Waals surface area contributed by atoms with Crippen molar-refractivity contribution in [3.63, 3.8) is 0 Å². The number of likely N-dealkylation sites (tertiary alicyclic amines) is 1. The lowest BCUT2D eigenvalue weighted by Crippen LogP contribution is -2.46. The Bertz CT molecular complexity index is 588. The van der Waals surface area contributed by atoms with Gasteiger partial charge in [0, 0.05) is 50.6 Å². The first-order chi connectivity index (χ1) is 11.9. The van der Waals surface area contributed by atoms with Crippen LogP contribution in [0.15, 0.2) is 5.38 Å². The molecule has 2 aliphatic rings. The van der Waals surface area contributed by atoms with Crippen molar-refractivity contribution >= 4 is 17.2 Å². The van der Waals surface area contributed by atoms with Crippen LogP contribution in [0.5, 0.6) is 0 Å². The van der Waals surface area contributed by atoms with Crippen molar-refractivity contribution in [3.05, 3.63) is 16.1 Å². The first-order valence-corrected chi connectivity index (χ1v) is 10.1. The zero-order valence-corrected chi connectivity index (χ0v) is 16.4. The van der Waals surface area contributed by atoms with Crippen molar-refractivity contribution in [3.8, 4) is 0 Å². The highest BCUT2D eigenvalue weighted by Crippen LogP contribution is 2.34. The molecule has 2 aliphatic heterocycles. The van der Waals surface area contributed by atoms with E-state index in [-0.39, 0.29) is 11.8 Å². The molecular weight excluding hydrogens is 336 g/mol. The van der Waals surface area contributed by atoms with E-state index in [9.17, 15) is 9.90 Å². The van der Waals surface area contributed by atoms with Gasteiger partial charge in [-0.2, -0.15) is 0 Å². The Morgan fingerprint density at radius 1 is 1.24 bits per heavy atom. The average molecular weight is 367 g/mol. The highest BCUT2D eigenvalue weighted by molar-refractivity contribution is 7.09. The molecule has 0 atom stereocenters. The second kappa shape index (κ2) is 7.70. The molecule has 0 aromatic carbocycles. The van der Waals surface area contributed by atoms with Crippen LogP contribution in [0.2, 0.25) is 0 Å². The van der Waals surface area contributed by atoms with Crippen LogP contribution in [-0.2, 0) is 16.9 Å². The minimum atomic E-state index is -0.884. The van der Waals surface area contributed by atoms with Gasteiger partial charge in [-0.25, -0.2) is 4.98 Å². The van der Waals surface area contributed by atoms with E-state index in [0.29, 0.717) is 25.9 Å². The van der Waals surface area contributed by atoms with E-state index in [4.69, 9.17) is 4.98 Å². The van der Waals surface area contributed by atoms with Crippen molar-refractivity contribution in [2.24, 2.45) is 5.92 Å². The molecule has 1 amide bonds. The molecule has 6 nitrogen and oxygen atoms in total. The summed E-state index contributed by atoms with van der Waals surface area (Å²) in [4.78, 5) is 23.5. The van der Waals surface area contributed by atoms with Gasteiger partial charge in [0.25, 0.3) is 0 Å². The van der Waals surface area contributed by atoms with Crippen molar-refractivity contribution in [2.45, 2.75) is 38.8 Å². The molecule has 0 aliphatic carbocycles. The van der Waals surface area contributed by atoms with Gasteiger partial charge in [0.05, 0.1) is 12.2 Å². The standard InChI is InChI=1S/C18H30N4O2S/c1-14(2)17(23)22-6-4-18(24,5-7-22)15-13-25-16(19-15)12-21-10-8-20(3)9-11-21/h13-14,24H,4-12H2,1-3H3. The van der Waals surface area contributed by atoms with Gasteiger partial charge in [0.1, 0.15) is 10.6 Å². The quantitative estimate of drug-likeness (QED) is 0.872. The van der Waals surface area contributed by atoms with Crippen LogP contribution in [0.25, 0.3) is 0 Å². The van der Waals surface area contributed by atoms with Gasteiger partial charge in [-0.05, 0) is 19.9 Å². The van der Waals surface area contributed by atoms with Crippen LogP contribution in [-0.4, -0.2) is 77.0 Å². The van der Waals surface area contributed by atoms with Gasteiger partial charge in [-0.3, -0.25) is 9.69 Å². The number of thiazole rings is 1. The van der Waals surface area contributed by atoms with Gasteiger partial charge < -0.3 is 14.9 Å². The summed E-state index contributed by atoms with van der Waals surface area (Å²) in [5.74, 6) is 0.191. The molecule has 0 radical (unpaired) electrons. The summed E-state index contributed by atoms with van der Waals surface area (Å²) in [5, 5.41) is 14.1. The van der Waals surface area contributed by atoms with Crippen LogP contribution < -0.4 is 0 Å². The summed E-state index contributed by atoms with van der Waals surface area (Å²) >= 11 is 1.64. The SMILES string of the molecule is CC(C)C(=O)N1CCC(O)(c2csc(CN3CCN(C)CC3)n2)CC1. The lowest BCUT2D eigenvalue weighted by Gasteiger charge is -2.38. The van der Waals surface area contributed by atoms with Crippen LogP contribution in [0.4, 0.5) is 0 Å². The normalized spacial score (nSPS) is 22.5. The monoisotopic (exact) mass is 366 g/mol. The number of hydrogen-bond acceptors (Lipinski definition) is 6. The Balaban J connectivity index is 1.57. The van der Waals surface area contributed by atoms with Crippen molar-refractivity contribution in [1.82, 2.24) is 19.7 Å². The lowest BCUT2D eigenvalue weighted by atomic mass is 9.88. The van der Waals surface area contributed by atoms with E-state index >= 15 is 0 Å². The molecule has 3 rings (SSSR count). The Labute approximate surface area is 154 Å². The molecule has 1 aromatic rings. The van der Waals surface area contributed by atoms with Crippen LogP contribution in [0.1, 0.15) is 37.4 Å². The smallest absolute Gasteiger partial charge is 0.225 e. The first kappa shape index (κ1) is 18.8. The number of nitrogens with zero attached hydrogens (tertiary/aromatic N) is 4. The fourth-order valence-electron chi connectivity index (χ4n) is 3.51. The van der Waals surface area contributed by atoms with E-state index in [1.807, 2.05) is 24.1 Å². The van der Waals surface area contributed by atoms with Crippen LogP contribution >= 0.6 is 11.3 Å². The fraction of sp³-hybridized carbons (Fsp3) is 0.778. The molecule has 1 N–H and O–H groups in total. The highest BCUT2D eigenvalue weighted by Gasteiger charge is 2.37. The molecule has 0 saturated carbocycles. The molecule has 0 spiro atoms. The average Bonchev–Trinajstić information content (AvgIpc) is 3.06. The molecular formula is C18H30N4O2S. The number of hydrogen-bond donors (Lipinski definition) is 1. The summed E-state index contributed by atoms with van der Waals surface area (Å²) < 4.78 is 0. The summed E-state index contributed by atoms with van der Waals surface area (Å²) in [6.45, 7) is 10.3. The molecule has 7 heteroatoms. The van der Waals surface area contributed by atoms with Gasteiger partial charge in [0.2, 0.25) is 5.91 Å². The Morgan fingerprint density at radius 3 is 2.48 bits per heavy atom. The Hall–Kier alpha value is -1.02. The summed E-state index contributed by atoms with van der Waals surface area (Å²) in [6.07, 6.45) is 1.15. The van der Waals surface area contributed by atoms with E-state index in [1.54, 1.807) is 11.3 Å². The lowest BCUT2D eigenvalue weighted by molar-refractivity contribution is -0.139. The van der Waals surface area contributed by atoms with Gasteiger partial charge in [-0.1, -0.05) is 13.8 Å². The first-order valence-electron chi connectivity index (χ1n) is 9.24. The second-order valence-corrected chi connectivity index (χ2v) is 8.66. The van der Waals surface area contributed by atoms with Gasteiger partial charge in [-0.15, -0.1) is 11.3 Å². The highest BCUT2D eigenvalue weighted by atomic mass is 32.1. The molecule has 140 valence electrons. The number of rotatable bonds is 4. The van der Waals surface area contributed by atoms with E-state index in [2.05, 4.69) is 16.8 Å². The summed E-state index contributed by atoms with van der Waals surface area (Å²) in [6, 6.07) is 0. The van der Waals surface area contributed by atoms with Crippen LogP contribution in [0.3, 0.4) is 0 Å². The maximum absolute atomic E-state index is 12.1. The van der Waals surface area contributed by atoms with E-state index in [0.717, 1.165) is 43.4 Å². The Kier molecular flexibility index (Phi) is 5.78. The third-order valence-electron chi connectivity index (χ3n) is 5.38. The fourth-order valence-corrected chi connectivity index (χ4v) is 4.44. The van der Waals surface area contributed by atoms with Crippen LogP contribution in [0, 0.1) is 5.92 Å². The Morgan fingerprint density at radius 2 is 1.88 bits per heavy atom. The molecule has 3 heterocycles. The summed E-state index contributed by atoms with van der Waals surface area (Å²) in [5.41, 5.74) is -0.0942. The maximum atomic E-state index is 12.1. The van der Waals surface area contributed by atoms with E-state index in [1.165, 1.54) is 0 Å². The third-order valence-corrected chi connectivity index (χ3v) is 6.21. The van der Waals surface area contributed by atoms with Gasteiger partial charge >= 0.3 is 0 Å². The van der Waals surface area contributed by atoms with Gasteiger partial charge in [0.15, 0.2) is 0 Å². The topological polar surface area (TPSA) is 59.9 Å². The number of likely N-dealkylation sites (N-methyl/N-ethyl adjacent to an activating group) is 1. The minimum Gasteiger partial charge on any atom is -0.383 e. The number of carbonyl (C=O) groups is 1. The van der Waals surface area contributed by atoms with Crippen molar-refractivity contribution < 1.29 is 9.90 Å². The third kappa shape index (κ3) is 4.39. The maximum Gasteiger partial charge on any atom is 0.225 e. The molecule has 25 heavy (non-hydrogen) atoms. The largest absolute Gasteiger partial charge is 0.383 e. The predicted octanol–water partition coefficient (Wildman–Crippen LogP) is 1.36. The molecule has 0 bridgehead atoms. The number of amides is 1. The second-order valence-electron chi connectivity index (χ2n) is 7.72. The predicted molar refractivity (Wildman–Crippen MR) is 99.4 cm³/mol. The molecule has 2 saturated heterocycles. The molecule has 0 unspecified atom stereocenters. The number of piperidine rings is 1. The minimum absolute atomic E-state index is 0.0145.